The van der Waals surface area contributed by atoms with Crippen LogP contribution in [-0.4, -0.2) is 11.7 Å². The SMILES string of the molecule is CC(C)(C)c1ccccc1NC(=S)Nc1ccc(OC(F)F)cc1. The number of benzene rings is 2. The maximum absolute atomic E-state index is 12.1. The van der Waals surface area contributed by atoms with Crippen molar-refractivity contribution in [2.75, 3.05) is 10.6 Å². The van der Waals surface area contributed by atoms with Gasteiger partial charge in [-0.2, -0.15) is 8.78 Å². The van der Waals surface area contributed by atoms with Gasteiger partial charge in [0.1, 0.15) is 5.75 Å². The van der Waals surface area contributed by atoms with Crippen molar-refractivity contribution in [1.82, 2.24) is 0 Å². The number of halogens is 2. The second-order valence-electron chi connectivity index (χ2n) is 6.28. The van der Waals surface area contributed by atoms with Crippen molar-refractivity contribution in [2.45, 2.75) is 32.8 Å². The van der Waals surface area contributed by atoms with E-state index in [0.717, 1.165) is 11.3 Å². The van der Waals surface area contributed by atoms with E-state index >= 15 is 0 Å². The molecular weight excluding hydrogens is 330 g/mol. The minimum absolute atomic E-state index is 0.0204. The van der Waals surface area contributed by atoms with Gasteiger partial charge in [-0.1, -0.05) is 39.0 Å². The Bertz CT molecular complexity index is 697. The Hall–Kier alpha value is -2.21. The first-order chi connectivity index (χ1) is 11.3. The first-order valence-corrected chi connectivity index (χ1v) is 7.89. The monoisotopic (exact) mass is 350 g/mol. The number of thiocarbonyl (C=S) groups is 1. The summed E-state index contributed by atoms with van der Waals surface area (Å²) in [5.74, 6) is 0.104. The molecule has 2 aromatic carbocycles. The molecule has 2 rings (SSSR count). The normalized spacial score (nSPS) is 11.2. The Morgan fingerprint density at radius 1 is 1.00 bits per heavy atom. The van der Waals surface area contributed by atoms with Crippen LogP contribution in [0.1, 0.15) is 26.3 Å². The van der Waals surface area contributed by atoms with E-state index < -0.39 is 6.61 Å². The summed E-state index contributed by atoms with van der Waals surface area (Å²) < 4.78 is 28.6. The number of anilines is 2. The van der Waals surface area contributed by atoms with E-state index in [-0.39, 0.29) is 11.2 Å². The summed E-state index contributed by atoms with van der Waals surface area (Å²) in [6.07, 6.45) is 0. The highest BCUT2D eigenvalue weighted by Crippen LogP contribution is 2.29. The van der Waals surface area contributed by atoms with Crippen LogP contribution in [0.15, 0.2) is 48.5 Å². The lowest BCUT2D eigenvalue weighted by Gasteiger charge is -2.23. The quantitative estimate of drug-likeness (QED) is 0.724. The number of alkyl halides is 2. The summed E-state index contributed by atoms with van der Waals surface area (Å²) >= 11 is 5.33. The van der Waals surface area contributed by atoms with Crippen LogP contribution in [0.3, 0.4) is 0 Å². The second-order valence-corrected chi connectivity index (χ2v) is 6.69. The van der Waals surface area contributed by atoms with Gasteiger partial charge in [0.25, 0.3) is 0 Å². The number of ether oxygens (including phenoxy) is 1. The van der Waals surface area contributed by atoms with Gasteiger partial charge < -0.3 is 15.4 Å². The molecule has 0 aromatic heterocycles. The average Bonchev–Trinajstić information content (AvgIpc) is 2.48. The molecule has 0 saturated heterocycles. The van der Waals surface area contributed by atoms with Gasteiger partial charge in [0.05, 0.1) is 0 Å². The molecule has 0 bridgehead atoms. The Morgan fingerprint density at radius 2 is 1.62 bits per heavy atom. The molecule has 3 nitrogen and oxygen atoms in total. The zero-order chi connectivity index (χ0) is 17.7. The van der Waals surface area contributed by atoms with Crippen LogP contribution in [0.2, 0.25) is 0 Å². The Morgan fingerprint density at radius 3 is 2.21 bits per heavy atom. The third-order valence-corrected chi connectivity index (χ3v) is 3.52. The Kier molecular flexibility index (Phi) is 5.72. The predicted octanol–water partition coefficient (Wildman–Crippen LogP) is 5.39. The first-order valence-electron chi connectivity index (χ1n) is 7.48. The number of hydrogen-bond donors (Lipinski definition) is 2. The van der Waals surface area contributed by atoms with Crippen molar-refractivity contribution in [3.05, 3.63) is 54.1 Å². The summed E-state index contributed by atoms with van der Waals surface area (Å²) in [7, 11) is 0. The number of nitrogens with one attached hydrogen (secondary N) is 2. The summed E-state index contributed by atoms with van der Waals surface area (Å²) in [4.78, 5) is 0. The fourth-order valence-corrected chi connectivity index (χ4v) is 2.48. The fraction of sp³-hybridized carbons (Fsp3) is 0.278. The van der Waals surface area contributed by atoms with E-state index in [1.807, 2.05) is 18.2 Å². The van der Waals surface area contributed by atoms with Crippen LogP contribution < -0.4 is 15.4 Å². The molecule has 128 valence electrons. The molecule has 0 atom stereocenters. The van der Waals surface area contributed by atoms with Gasteiger partial charge in [-0.05, 0) is 53.5 Å². The minimum atomic E-state index is -2.83. The van der Waals surface area contributed by atoms with Crippen LogP contribution in [0.5, 0.6) is 5.75 Å². The number of hydrogen-bond acceptors (Lipinski definition) is 2. The highest BCUT2D eigenvalue weighted by atomic mass is 32.1. The summed E-state index contributed by atoms with van der Waals surface area (Å²) in [6, 6.07) is 14.1. The van der Waals surface area contributed by atoms with E-state index in [0.29, 0.717) is 10.8 Å². The van der Waals surface area contributed by atoms with Gasteiger partial charge >= 0.3 is 6.61 Å². The minimum Gasteiger partial charge on any atom is -0.435 e. The average molecular weight is 350 g/mol. The molecule has 0 aliphatic carbocycles. The molecule has 6 heteroatoms. The largest absolute Gasteiger partial charge is 0.435 e. The standard InChI is InChI=1S/C18H20F2N2OS/c1-18(2,3)14-6-4-5-7-15(14)22-17(24)21-12-8-10-13(11-9-12)23-16(19)20/h4-11,16H,1-3H3,(H2,21,22,24). The Balaban J connectivity index is 2.04. The van der Waals surface area contributed by atoms with Gasteiger partial charge in [-0.3, -0.25) is 0 Å². The molecule has 0 radical (unpaired) electrons. The predicted molar refractivity (Wildman–Crippen MR) is 98.1 cm³/mol. The van der Waals surface area contributed by atoms with E-state index in [4.69, 9.17) is 12.2 Å². The van der Waals surface area contributed by atoms with Crippen molar-refractivity contribution in [1.29, 1.82) is 0 Å². The summed E-state index contributed by atoms with van der Waals surface area (Å²) in [5, 5.41) is 6.63. The topological polar surface area (TPSA) is 33.3 Å². The molecule has 2 N–H and O–H groups in total. The second kappa shape index (κ2) is 7.57. The molecule has 0 unspecified atom stereocenters. The lowest BCUT2D eigenvalue weighted by atomic mass is 9.86. The third kappa shape index (κ3) is 5.16. The fourth-order valence-electron chi connectivity index (χ4n) is 2.25. The molecule has 0 aliphatic rings. The van der Waals surface area contributed by atoms with Crippen molar-refractivity contribution in [3.8, 4) is 5.75 Å². The van der Waals surface area contributed by atoms with Crippen molar-refractivity contribution >= 4 is 28.7 Å². The third-order valence-electron chi connectivity index (χ3n) is 3.32. The van der Waals surface area contributed by atoms with Crippen LogP contribution in [0, 0.1) is 0 Å². The summed E-state index contributed by atoms with van der Waals surface area (Å²) in [5.41, 5.74) is 2.74. The molecule has 0 spiro atoms. The molecule has 2 aromatic rings. The van der Waals surface area contributed by atoms with Crippen molar-refractivity contribution < 1.29 is 13.5 Å². The van der Waals surface area contributed by atoms with E-state index in [1.165, 1.54) is 12.1 Å². The Labute approximate surface area is 146 Å². The molecule has 0 saturated carbocycles. The highest BCUT2D eigenvalue weighted by Gasteiger charge is 2.17. The van der Waals surface area contributed by atoms with Crippen LogP contribution in [0.25, 0.3) is 0 Å². The van der Waals surface area contributed by atoms with Crippen LogP contribution in [-0.2, 0) is 5.41 Å². The highest BCUT2D eigenvalue weighted by molar-refractivity contribution is 7.80. The molecule has 0 heterocycles. The number of rotatable bonds is 4. The zero-order valence-electron chi connectivity index (χ0n) is 13.8. The number of para-hydroxylation sites is 1. The van der Waals surface area contributed by atoms with Crippen LogP contribution >= 0.6 is 12.2 Å². The van der Waals surface area contributed by atoms with Gasteiger partial charge in [0.15, 0.2) is 5.11 Å². The maximum Gasteiger partial charge on any atom is 0.387 e. The molecule has 24 heavy (non-hydrogen) atoms. The first kappa shape index (κ1) is 18.1. The smallest absolute Gasteiger partial charge is 0.387 e. The van der Waals surface area contributed by atoms with E-state index in [2.05, 4.69) is 42.2 Å². The lowest BCUT2D eigenvalue weighted by Crippen LogP contribution is -2.22. The van der Waals surface area contributed by atoms with E-state index in [1.54, 1.807) is 12.1 Å². The molecule has 0 fully saturated rings. The van der Waals surface area contributed by atoms with Crippen molar-refractivity contribution in [3.63, 3.8) is 0 Å². The van der Waals surface area contributed by atoms with E-state index in [9.17, 15) is 8.78 Å². The molecule has 0 amide bonds. The van der Waals surface area contributed by atoms with Crippen LogP contribution in [0.4, 0.5) is 20.2 Å². The maximum atomic E-state index is 12.1. The molecular formula is C18H20F2N2OS. The van der Waals surface area contributed by atoms with Gasteiger partial charge in [-0.25, -0.2) is 0 Å². The van der Waals surface area contributed by atoms with Gasteiger partial charge in [-0.15, -0.1) is 0 Å². The summed E-state index contributed by atoms with van der Waals surface area (Å²) in [6.45, 7) is 3.56. The van der Waals surface area contributed by atoms with Gasteiger partial charge in [0, 0.05) is 11.4 Å². The zero-order valence-corrected chi connectivity index (χ0v) is 14.6. The van der Waals surface area contributed by atoms with Crippen molar-refractivity contribution in [2.24, 2.45) is 0 Å². The van der Waals surface area contributed by atoms with Gasteiger partial charge in [0.2, 0.25) is 0 Å². The molecule has 0 aliphatic heterocycles. The lowest BCUT2D eigenvalue weighted by molar-refractivity contribution is -0.0498.